The minimum atomic E-state index is -3.89. The molecule has 0 aliphatic carbocycles. The second kappa shape index (κ2) is 7.78. The number of aromatic carboxylic acids is 1. The molecule has 0 unspecified atom stereocenters. The third-order valence-corrected chi connectivity index (χ3v) is 4.69. The molecule has 118 valence electrons. The lowest BCUT2D eigenvalue weighted by molar-refractivity contribution is 0.0199. The molecule has 0 radical (unpaired) electrons. The Bertz CT molecular complexity index is 609. The second-order valence-electron chi connectivity index (χ2n) is 3.81. The van der Waals surface area contributed by atoms with Crippen LogP contribution in [0, 0.1) is 0 Å². The van der Waals surface area contributed by atoms with E-state index in [1.54, 1.807) is 0 Å². The Morgan fingerprint density at radius 1 is 1.43 bits per heavy atom. The van der Waals surface area contributed by atoms with Gasteiger partial charge in [-0.15, -0.1) is 0 Å². The lowest BCUT2D eigenvalue weighted by Gasteiger charge is -2.09. The van der Waals surface area contributed by atoms with Gasteiger partial charge in [-0.3, -0.25) is 0 Å². The Hall–Kier alpha value is -1.10. The van der Waals surface area contributed by atoms with Crippen LogP contribution in [0.25, 0.3) is 0 Å². The van der Waals surface area contributed by atoms with Crippen LogP contribution in [0.3, 0.4) is 0 Å². The van der Waals surface area contributed by atoms with E-state index in [9.17, 15) is 22.0 Å². The first-order chi connectivity index (χ1) is 9.74. The summed E-state index contributed by atoms with van der Waals surface area (Å²) in [7, 11) is -3.89. The number of ether oxygens (including phenoxy) is 1. The van der Waals surface area contributed by atoms with Crippen molar-refractivity contribution in [3.63, 3.8) is 0 Å². The predicted octanol–water partition coefficient (Wildman–Crippen LogP) is 1.71. The molecule has 0 saturated carbocycles. The second-order valence-corrected chi connectivity index (χ2v) is 6.40. The maximum atomic E-state index is 11.9. The molecule has 0 atom stereocenters. The summed E-state index contributed by atoms with van der Waals surface area (Å²) < 4.78 is 54.3. The highest BCUT2D eigenvalue weighted by atomic mass is 79.9. The van der Waals surface area contributed by atoms with E-state index in [-0.39, 0.29) is 28.1 Å². The number of hydrogen-bond acceptors (Lipinski definition) is 4. The molecular weight excluding hydrogens is 376 g/mol. The summed E-state index contributed by atoms with van der Waals surface area (Å²) in [5, 5.41) is 8.78. The van der Waals surface area contributed by atoms with E-state index in [1.807, 2.05) is 0 Å². The number of halogens is 3. The molecule has 6 nitrogen and oxygen atoms in total. The molecule has 0 aliphatic rings. The van der Waals surface area contributed by atoms with Crippen molar-refractivity contribution in [3.05, 3.63) is 28.2 Å². The van der Waals surface area contributed by atoms with Gasteiger partial charge in [0.2, 0.25) is 10.0 Å². The van der Waals surface area contributed by atoms with Crippen LogP contribution in [-0.2, 0) is 14.8 Å². The van der Waals surface area contributed by atoms with Crippen molar-refractivity contribution in [1.82, 2.24) is 4.72 Å². The van der Waals surface area contributed by atoms with Crippen molar-refractivity contribution in [1.29, 1.82) is 0 Å². The van der Waals surface area contributed by atoms with Crippen molar-refractivity contribution in [2.45, 2.75) is 11.3 Å². The molecule has 0 bridgehead atoms. The number of benzene rings is 1. The summed E-state index contributed by atoms with van der Waals surface area (Å²) in [6.45, 7) is -1.14. The zero-order valence-corrected chi connectivity index (χ0v) is 13.0. The fourth-order valence-corrected chi connectivity index (χ4v) is 3.44. The fourth-order valence-electron chi connectivity index (χ4n) is 1.35. The lowest BCUT2D eigenvalue weighted by atomic mass is 10.2. The van der Waals surface area contributed by atoms with E-state index >= 15 is 0 Å². The summed E-state index contributed by atoms with van der Waals surface area (Å²) in [5.41, 5.74) is -0.0684. The van der Waals surface area contributed by atoms with Gasteiger partial charge in [0.15, 0.2) is 0 Å². The van der Waals surface area contributed by atoms with Crippen LogP contribution in [0.5, 0.6) is 0 Å². The molecular formula is C11H12BrF2NO5S. The average molecular weight is 388 g/mol. The smallest absolute Gasteiger partial charge is 0.335 e. The number of carboxylic acid groups (broad SMARTS) is 1. The standard InChI is InChI=1S/C11H12BrF2NO5S/c12-8-5-7(11(16)17)1-2-9(8)21(18,19)15-3-4-20-6-10(13)14/h1-2,5,10,15H,3-4,6H2,(H,16,17). The van der Waals surface area contributed by atoms with E-state index < -0.39 is 29.0 Å². The van der Waals surface area contributed by atoms with Gasteiger partial charge >= 0.3 is 5.97 Å². The highest BCUT2D eigenvalue weighted by Crippen LogP contribution is 2.23. The third kappa shape index (κ3) is 5.65. The van der Waals surface area contributed by atoms with Crippen LogP contribution in [0.1, 0.15) is 10.4 Å². The van der Waals surface area contributed by atoms with Gasteiger partial charge in [0.1, 0.15) is 6.61 Å². The molecule has 10 heteroatoms. The number of carboxylic acids is 1. The van der Waals surface area contributed by atoms with E-state index in [2.05, 4.69) is 25.4 Å². The van der Waals surface area contributed by atoms with Gasteiger partial charge in [-0.1, -0.05) is 0 Å². The number of alkyl halides is 2. The molecule has 0 spiro atoms. The Morgan fingerprint density at radius 2 is 2.10 bits per heavy atom. The molecule has 0 heterocycles. The fraction of sp³-hybridized carbons (Fsp3) is 0.364. The highest BCUT2D eigenvalue weighted by Gasteiger charge is 2.18. The highest BCUT2D eigenvalue weighted by molar-refractivity contribution is 9.10. The first-order valence-corrected chi connectivity index (χ1v) is 7.90. The van der Waals surface area contributed by atoms with Crippen molar-refractivity contribution >= 4 is 31.9 Å². The molecule has 0 aromatic heterocycles. The number of carbonyl (C=O) groups is 1. The Morgan fingerprint density at radius 3 is 2.62 bits per heavy atom. The van der Waals surface area contributed by atoms with Gasteiger partial charge in [-0.05, 0) is 34.1 Å². The van der Waals surface area contributed by atoms with Crippen LogP contribution in [0.2, 0.25) is 0 Å². The monoisotopic (exact) mass is 387 g/mol. The van der Waals surface area contributed by atoms with Gasteiger partial charge in [0.25, 0.3) is 6.43 Å². The maximum absolute atomic E-state index is 11.9. The first kappa shape index (κ1) is 18.0. The van der Waals surface area contributed by atoms with Gasteiger partial charge in [-0.2, -0.15) is 0 Å². The van der Waals surface area contributed by atoms with Crippen LogP contribution >= 0.6 is 15.9 Å². The van der Waals surface area contributed by atoms with Gasteiger partial charge < -0.3 is 9.84 Å². The van der Waals surface area contributed by atoms with Crippen molar-refractivity contribution in [2.24, 2.45) is 0 Å². The number of sulfonamides is 1. The number of rotatable bonds is 8. The van der Waals surface area contributed by atoms with E-state index in [0.29, 0.717) is 0 Å². The van der Waals surface area contributed by atoms with Gasteiger partial charge in [0.05, 0.1) is 17.1 Å². The molecule has 1 aromatic carbocycles. The first-order valence-electron chi connectivity index (χ1n) is 5.62. The zero-order chi connectivity index (χ0) is 16.0. The Labute approximate surface area is 128 Å². The van der Waals surface area contributed by atoms with Crippen molar-refractivity contribution in [2.75, 3.05) is 19.8 Å². The zero-order valence-electron chi connectivity index (χ0n) is 10.6. The van der Waals surface area contributed by atoms with E-state index in [1.165, 1.54) is 0 Å². The topological polar surface area (TPSA) is 92.7 Å². The van der Waals surface area contributed by atoms with Crippen molar-refractivity contribution in [3.8, 4) is 0 Å². The Balaban J connectivity index is 2.68. The summed E-state index contributed by atoms with van der Waals surface area (Å²) in [6.07, 6.45) is -2.61. The average Bonchev–Trinajstić information content (AvgIpc) is 2.37. The third-order valence-electron chi connectivity index (χ3n) is 2.25. The summed E-state index contributed by atoms with van der Waals surface area (Å²) >= 11 is 2.98. The van der Waals surface area contributed by atoms with Gasteiger partial charge in [-0.25, -0.2) is 26.7 Å². The molecule has 2 N–H and O–H groups in total. The Kier molecular flexibility index (Phi) is 6.65. The summed E-state index contributed by atoms with van der Waals surface area (Å²) in [5.74, 6) is -1.19. The van der Waals surface area contributed by atoms with Crippen molar-refractivity contribution < 1.29 is 31.8 Å². The number of hydrogen-bond donors (Lipinski definition) is 2. The van der Waals surface area contributed by atoms with Crippen LogP contribution in [0.4, 0.5) is 8.78 Å². The largest absolute Gasteiger partial charge is 0.478 e. The normalized spacial score (nSPS) is 11.8. The maximum Gasteiger partial charge on any atom is 0.335 e. The molecule has 1 aromatic rings. The lowest BCUT2D eigenvalue weighted by Crippen LogP contribution is -2.28. The quantitative estimate of drug-likeness (QED) is 0.662. The molecule has 0 aliphatic heterocycles. The molecule has 21 heavy (non-hydrogen) atoms. The van der Waals surface area contributed by atoms with E-state index in [4.69, 9.17) is 5.11 Å². The SMILES string of the molecule is O=C(O)c1ccc(S(=O)(=O)NCCOCC(F)F)c(Br)c1. The van der Waals surface area contributed by atoms with Crippen LogP contribution < -0.4 is 4.72 Å². The predicted molar refractivity (Wildman–Crippen MR) is 73.1 cm³/mol. The molecule has 0 saturated heterocycles. The van der Waals surface area contributed by atoms with Crippen LogP contribution in [0.15, 0.2) is 27.6 Å². The minimum absolute atomic E-state index is 0.0684. The van der Waals surface area contributed by atoms with Gasteiger partial charge in [0, 0.05) is 11.0 Å². The number of nitrogens with one attached hydrogen (secondary N) is 1. The molecule has 0 amide bonds. The van der Waals surface area contributed by atoms with E-state index in [0.717, 1.165) is 18.2 Å². The summed E-state index contributed by atoms with van der Waals surface area (Å²) in [4.78, 5) is 10.6. The minimum Gasteiger partial charge on any atom is -0.478 e. The summed E-state index contributed by atoms with van der Waals surface area (Å²) in [6, 6.07) is 3.44. The molecule has 0 fully saturated rings. The molecule has 1 rings (SSSR count). The van der Waals surface area contributed by atoms with Crippen LogP contribution in [-0.4, -0.2) is 45.7 Å².